The SMILES string of the molecule is C[C@@H]1CC[C@]2(C(=O)O[C@@H]3O[C@H](CO[C@@H]4O[C@H](CO)[C@@H](O)[C@H](O)[C@H]4O)[C@H](O)[C@H](O)[C@H]3O)CC[C@]3(C)C(=CC[C@@H]4[C@@]5(C)CC[C@H](O[C@@H]6OC[C@H](O)[C@H](O[C@@H]7OC[C@H](O)[C@H](O)[C@H]7O)[C@H]6O[C@@H]6O[C@H](CO)[C@@H](O)[C@H](O)[C@H]6O)C(C)(C)[C@@H]5CC[C@]43C)[C@@H]2[C@]1(C)O. The highest BCUT2D eigenvalue weighted by Gasteiger charge is 2.72. The van der Waals surface area contributed by atoms with Crippen molar-refractivity contribution in [3.05, 3.63) is 11.6 Å². The summed E-state index contributed by atoms with van der Waals surface area (Å²) in [6.45, 7) is 12.0. The third-order valence-corrected chi connectivity index (χ3v) is 23.2. The first-order valence-electron chi connectivity index (χ1n) is 30.3. The van der Waals surface area contributed by atoms with Crippen molar-refractivity contribution >= 4 is 5.97 Å². The third kappa shape index (κ3) is 10.9. The van der Waals surface area contributed by atoms with Crippen LogP contribution in [0.25, 0.3) is 0 Å². The summed E-state index contributed by atoms with van der Waals surface area (Å²) in [5, 5.41) is 173. The molecule has 33 atom stereocenters. The minimum Gasteiger partial charge on any atom is -0.432 e. The molecule has 27 nitrogen and oxygen atoms in total. The molecule has 0 spiro atoms. The minimum atomic E-state index is -1.92. The van der Waals surface area contributed by atoms with Gasteiger partial charge in [-0.05, 0) is 104 Å². The number of hydrogen-bond donors (Lipinski definition) is 16. The highest BCUT2D eigenvalue weighted by molar-refractivity contribution is 5.79. The summed E-state index contributed by atoms with van der Waals surface area (Å²) in [6.07, 6.45) is -31.4. The van der Waals surface area contributed by atoms with E-state index in [2.05, 4.69) is 40.7 Å². The number of allylic oxidation sites excluding steroid dienone is 1. The van der Waals surface area contributed by atoms with Crippen molar-refractivity contribution in [2.45, 2.75) is 259 Å². The molecule has 0 bridgehead atoms. The van der Waals surface area contributed by atoms with E-state index >= 15 is 4.79 Å². The molecule has 0 aromatic carbocycles. The molecule has 0 aromatic heterocycles. The molecule has 85 heavy (non-hydrogen) atoms. The summed E-state index contributed by atoms with van der Waals surface area (Å²) in [5.74, 6) is -1.67. The first-order chi connectivity index (χ1) is 39.8. The van der Waals surface area contributed by atoms with E-state index in [4.69, 9.17) is 47.4 Å². The van der Waals surface area contributed by atoms with Crippen LogP contribution in [0.5, 0.6) is 0 Å². The van der Waals surface area contributed by atoms with Gasteiger partial charge in [-0.25, -0.2) is 0 Å². The quantitative estimate of drug-likeness (QED) is 0.0475. The molecular weight excluding hydrogens is 1130 g/mol. The molecule has 0 amide bonds. The van der Waals surface area contributed by atoms with Crippen LogP contribution in [0.4, 0.5) is 0 Å². The number of esters is 1. The zero-order valence-corrected chi connectivity index (χ0v) is 49.3. The predicted molar refractivity (Wildman–Crippen MR) is 285 cm³/mol. The van der Waals surface area contributed by atoms with Crippen molar-refractivity contribution in [1.29, 1.82) is 0 Å². The van der Waals surface area contributed by atoms with Crippen molar-refractivity contribution in [2.75, 3.05) is 33.0 Å². The summed E-state index contributed by atoms with van der Waals surface area (Å²) in [4.78, 5) is 15.2. The van der Waals surface area contributed by atoms with Crippen LogP contribution in [-0.2, 0) is 52.2 Å². The van der Waals surface area contributed by atoms with Crippen LogP contribution in [0.2, 0.25) is 0 Å². The van der Waals surface area contributed by atoms with E-state index in [-0.39, 0.29) is 41.6 Å². The second kappa shape index (κ2) is 24.4. The summed E-state index contributed by atoms with van der Waals surface area (Å²) in [5.41, 5.74) is -3.67. The van der Waals surface area contributed by atoms with Gasteiger partial charge in [0.2, 0.25) is 6.29 Å². The van der Waals surface area contributed by atoms with Gasteiger partial charge in [-0.15, -0.1) is 0 Å². The van der Waals surface area contributed by atoms with E-state index < -0.39 is 208 Å². The fourth-order valence-electron chi connectivity index (χ4n) is 17.6. The van der Waals surface area contributed by atoms with E-state index in [1.807, 2.05) is 6.92 Å². The highest BCUT2D eigenvalue weighted by atomic mass is 16.8. The zero-order valence-electron chi connectivity index (χ0n) is 49.3. The van der Waals surface area contributed by atoms with Gasteiger partial charge in [0, 0.05) is 5.92 Å². The molecule has 5 saturated heterocycles. The van der Waals surface area contributed by atoms with Gasteiger partial charge in [0.1, 0.15) is 110 Å². The summed E-state index contributed by atoms with van der Waals surface area (Å²) in [7, 11) is 0. The second-order valence-corrected chi connectivity index (χ2v) is 27.9. The van der Waals surface area contributed by atoms with Crippen LogP contribution in [0.15, 0.2) is 11.6 Å². The second-order valence-electron chi connectivity index (χ2n) is 27.9. The largest absolute Gasteiger partial charge is 0.432 e. The Morgan fingerprint density at radius 2 is 1.11 bits per heavy atom. The number of ether oxygens (including phenoxy) is 10. The van der Waals surface area contributed by atoms with E-state index in [0.717, 1.165) is 18.4 Å². The summed E-state index contributed by atoms with van der Waals surface area (Å²) >= 11 is 0. The fourth-order valence-corrected chi connectivity index (χ4v) is 17.6. The number of aliphatic hydroxyl groups excluding tert-OH is 15. The normalized spacial score (nSPS) is 55.3. The smallest absolute Gasteiger partial charge is 0.315 e. The summed E-state index contributed by atoms with van der Waals surface area (Å²) < 4.78 is 60.0. The number of fused-ring (bicyclic) bond motifs is 7. The lowest BCUT2D eigenvalue weighted by Crippen LogP contribution is -2.68. The molecule has 0 unspecified atom stereocenters. The molecule has 488 valence electrons. The standard InChI is InChI=1S/C58H94O27/c1-23-10-15-58(52(74)85-50-43(73)39(69)36(66)29(81-50)22-78-47-41(71)37(67)34(64)27(18-59)79-47)17-16-55(5)24(46(58)57(23,7)75)8-9-31-54(4)13-12-32(53(2,3)30(54)11-14-56(31,55)6)82-51-45(84-49-42(72)38(68)35(65)28(19-60)80-49)44(26(62)21-77-51)83-48-40(70)33(63)25(61)20-76-48/h8,23,25-51,59-73,75H,9-22H2,1-7H3/t23-,25+,26+,27-,28-,29-,30+,31-,32+,33+,34-,35-,36+,37+,38+,39+,40-,41-,42-,43-,44+,45-,46-,47-,48+,49+,50+,51+,54+,55-,56-,57-,58+/m1/s1. The Hall–Kier alpha value is -1.79. The van der Waals surface area contributed by atoms with E-state index in [0.29, 0.717) is 38.5 Å². The lowest BCUT2D eigenvalue weighted by atomic mass is 9.33. The molecule has 4 saturated carbocycles. The molecule has 0 radical (unpaired) electrons. The molecule has 5 aliphatic heterocycles. The highest BCUT2D eigenvalue weighted by Crippen LogP contribution is 2.76. The molecule has 10 rings (SSSR count). The third-order valence-electron chi connectivity index (χ3n) is 23.2. The Labute approximate surface area is 493 Å². The maximum Gasteiger partial charge on any atom is 0.315 e. The van der Waals surface area contributed by atoms with Crippen LogP contribution in [0, 0.1) is 50.7 Å². The lowest BCUT2D eigenvalue weighted by molar-refractivity contribution is -0.385. The zero-order chi connectivity index (χ0) is 62.0. The maximum atomic E-state index is 15.2. The minimum absolute atomic E-state index is 0.0258. The number of hydrogen-bond acceptors (Lipinski definition) is 27. The first kappa shape index (κ1) is 66.1. The van der Waals surface area contributed by atoms with Gasteiger partial charge < -0.3 is 129 Å². The van der Waals surface area contributed by atoms with E-state index in [1.165, 1.54) is 0 Å². The number of aliphatic hydroxyl groups is 16. The van der Waals surface area contributed by atoms with Crippen LogP contribution in [-0.4, -0.2) is 274 Å². The van der Waals surface area contributed by atoms with Crippen molar-refractivity contribution in [1.82, 2.24) is 0 Å². The lowest BCUT2D eigenvalue weighted by Gasteiger charge is -2.72. The summed E-state index contributed by atoms with van der Waals surface area (Å²) in [6, 6.07) is 0. The first-order valence-corrected chi connectivity index (χ1v) is 30.3. The molecule has 27 heteroatoms. The molecular formula is C58H94O27. The molecule has 0 aromatic rings. The van der Waals surface area contributed by atoms with E-state index in [1.54, 1.807) is 6.92 Å². The van der Waals surface area contributed by atoms with Gasteiger partial charge in [-0.2, -0.15) is 0 Å². The van der Waals surface area contributed by atoms with Crippen molar-refractivity contribution in [2.24, 2.45) is 50.7 Å². The van der Waals surface area contributed by atoms with Gasteiger partial charge in [0.25, 0.3) is 0 Å². The Kier molecular flexibility index (Phi) is 18.9. The molecule has 16 N–H and O–H groups in total. The van der Waals surface area contributed by atoms with Crippen molar-refractivity contribution in [3.63, 3.8) is 0 Å². The van der Waals surface area contributed by atoms with Gasteiger partial charge >= 0.3 is 5.97 Å². The van der Waals surface area contributed by atoms with E-state index in [9.17, 15) is 81.7 Å². The fraction of sp³-hybridized carbons (Fsp3) is 0.948. The van der Waals surface area contributed by atoms with Gasteiger partial charge in [0.15, 0.2) is 25.2 Å². The maximum absolute atomic E-state index is 15.2. The number of rotatable bonds is 13. The van der Waals surface area contributed by atoms with Crippen LogP contribution >= 0.6 is 0 Å². The Morgan fingerprint density at radius 1 is 0.553 bits per heavy atom. The van der Waals surface area contributed by atoms with Gasteiger partial charge in [-0.1, -0.05) is 53.2 Å². The van der Waals surface area contributed by atoms with Gasteiger partial charge in [-0.3, -0.25) is 4.79 Å². The number of carbonyl (C=O) groups excluding carboxylic acids is 1. The number of carbonyl (C=O) groups is 1. The Bertz CT molecular complexity index is 2360. The van der Waals surface area contributed by atoms with Crippen LogP contribution < -0.4 is 0 Å². The predicted octanol–water partition coefficient (Wildman–Crippen LogP) is -3.96. The monoisotopic (exact) mass is 1220 g/mol. The average molecular weight is 1220 g/mol. The molecule has 5 heterocycles. The molecule has 5 aliphatic carbocycles. The van der Waals surface area contributed by atoms with Crippen molar-refractivity contribution in [3.8, 4) is 0 Å². The molecule has 10 aliphatic rings. The average Bonchev–Trinajstić information content (AvgIpc) is 0.680. The van der Waals surface area contributed by atoms with Crippen LogP contribution in [0.3, 0.4) is 0 Å². The van der Waals surface area contributed by atoms with Gasteiger partial charge in [0.05, 0.1) is 50.2 Å². The topological polar surface area (TPSA) is 433 Å². The van der Waals surface area contributed by atoms with Crippen LogP contribution in [0.1, 0.15) is 106 Å². The van der Waals surface area contributed by atoms with Crippen molar-refractivity contribution < 1.29 is 134 Å². The Balaban J connectivity index is 0.886. The molecule has 9 fully saturated rings. The Morgan fingerprint density at radius 3 is 1.75 bits per heavy atom.